The van der Waals surface area contributed by atoms with Crippen molar-refractivity contribution < 1.29 is 13.9 Å². The molecule has 2 saturated heterocycles. The molecule has 6 nitrogen and oxygen atoms in total. The fraction of sp³-hybridized carbons (Fsp3) is 0.476. The molecule has 29 heavy (non-hydrogen) atoms. The van der Waals surface area contributed by atoms with E-state index in [0.717, 1.165) is 25.0 Å². The molecular weight excluding hydrogens is 395 g/mol. The molecule has 2 aliphatic rings. The molecule has 0 saturated carbocycles. The summed E-state index contributed by atoms with van der Waals surface area (Å²) in [6.07, 6.45) is 3.15. The summed E-state index contributed by atoms with van der Waals surface area (Å²) >= 11 is 0. The number of nitrogens with one attached hydrogen (secondary N) is 2. The van der Waals surface area contributed by atoms with Crippen LogP contribution in [-0.4, -0.2) is 34.6 Å². The van der Waals surface area contributed by atoms with Crippen molar-refractivity contribution in [3.63, 3.8) is 0 Å². The van der Waals surface area contributed by atoms with Gasteiger partial charge in [0.1, 0.15) is 17.4 Å². The molecule has 156 valence electrons. The second kappa shape index (κ2) is 8.63. The van der Waals surface area contributed by atoms with Crippen LogP contribution in [0.3, 0.4) is 0 Å². The van der Waals surface area contributed by atoms with Gasteiger partial charge in [-0.05, 0) is 57.4 Å². The van der Waals surface area contributed by atoms with Crippen molar-refractivity contribution >= 4 is 18.3 Å². The first-order valence-electron chi connectivity index (χ1n) is 9.81. The Balaban J connectivity index is 0.00000240. The first kappa shape index (κ1) is 21.5. The predicted molar refractivity (Wildman–Crippen MR) is 111 cm³/mol. The summed E-state index contributed by atoms with van der Waals surface area (Å²) < 4.78 is 20.0. The molecule has 0 radical (unpaired) electrons. The quantitative estimate of drug-likeness (QED) is 0.791. The lowest BCUT2D eigenvalue weighted by molar-refractivity contribution is -0.124. The van der Waals surface area contributed by atoms with Crippen molar-refractivity contribution in [3.05, 3.63) is 41.6 Å². The highest BCUT2D eigenvalue weighted by molar-refractivity contribution is 5.85. The van der Waals surface area contributed by atoms with Gasteiger partial charge in [-0.2, -0.15) is 0 Å². The van der Waals surface area contributed by atoms with E-state index < -0.39 is 0 Å². The zero-order valence-corrected chi connectivity index (χ0v) is 17.4. The Morgan fingerprint density at radius 3 is 2.86 bits per heavy atom. The van der Waals surface area contributed by atoms with E-state index in [4.69, 9.17) is 4.74 Å². The van der Waals surface area contributed by atoms with Gasteiger partial charge in [-0.25, -0.2) is 14.4 Å². The van der Waals surface area contributed by atoms with Gasteiger partial charge in [-0.15, -0.1) is 12.4 Å². The van der Waals surface area contributed by atoms with Crippen LogP contribution in [0.15, 0.2) is 24.3 Å². The molecule has 2 aliphatic heterocycles. The van der Waals surface area contributed by atoms with E-state index in [9.17, 15) is 9.18 Å². The number of rotatable bonds is 4. The van der Waals surface area contributed by atoms with Crippen LogP contribution in [0.5, 0.6) is 5.75 Å². The van der Waals surface area contributed by atoms with Crippen LogP contribution >= 0.6 is 12.4 Å². The zero-order chi connectivity index (χ0) is 19.7. The number of carbonyl (C=O) groups is 1. The molecule has 8 heteroatoms. The maximum Gasteiger partial charge on any atom is 0.221 e. The summed E-state index contributed by atoms with van der Waals surface area (Å²) in [5.74, 6) is 1.01. The average molecular weight is 421 g/mol. The summed E-state index contributed by atoms with van der Waals surface area (Å²) in [5.41, 5.74) is 1.55. The number of aromatic nitrogens is 2. The third kappa shape index (κ3) is 4.51. The predicted octanol–water partition coefficient (Wildman–Crippen LogP) is 3.48. The van der Waals surface area contributed by atoms with Crippen molar-refractivity contribution in [3.8, 4) is 17.0 Å². The molecule has 0 bridgehead atoms. The highest BCUT2D eigenvalue weighted by atomic mass is 35.5. The van der Waals surface area contributed by atoms with Gasteiger partial charge in [-0.3, -0.25) is 4.79 Å². The van der Waals surface area contributed by atoms with Gasteiger partial charge < -0.3 is 15.4 Å². The summed E-state index contributed by atoms with van der Waals surface area (Å²) in [5, 5.41) is 6.49. The Morgan fingerprint density at radius 2 is 2.10 bits per heavy atom. The highest BCUT2D eigenvalue weighted by Crippen LogP contribution is 2.38. The molecule has 4 rings (SSSR count). The van der Waals surface area contributed by atoms with Gasteiger partial charge in [0.05, 0.1) is 18.3 Å². The number of aryl methyl sites for hydroxylation is 1. The summed E-state index contributed by atoms with van der Waals surface area (Å²) in [4.78, 5) is 21.1. The molecular formula is C21H26ClFN4O2. The fourth-order valence-electron chi connectivity index (χ4n) is 4.21. The fourth-order valence-corrected chi connectivity index (χ4v) is 4.21. The topological polar surface area (TPSA) is 76.1 Å². The number of halogens is 2. The lowest BCUT2D eigenvalue weighted by Crippen LogP contribution is -2.51. The highest BCUT2D eigenvalue weighted by Gasteiger charge is 2.43. The van der Waals surface area contributed by atoms with Crippen LogP contribution in [0.2, 0.25) is 0 Å². The van der Waals surface area contributed by atoms with E-state index >= 15 is 0 Å². The van der Waals surface area contributed by atoms with Crippen LogP contribution in [-0.2, 0) is 4.79 Å². The summed E-state index contributed by atoms with van der Waals surface area (Å²) in [7, 11) is 0. The Bertz CT molecular complexity index is 910. The minimum atomic E-state index is -0.340. The molecule has 0 unspecified atom stereocenters. The largest absolute Gasteiger partial charge is 0.494 e. The molecule has 1 amide bonds. The normalized spacial score (nSPS) is 23.6. The van der Waals surface area contributed by atoms with Crippen LogP contribution in [0.1, 0.15) is 50.2 Å². The number of carbonyl (C=O) groups excluding carboxylic acids is 1. The van der Waals surface area contributed by atoms with E-state index in [1.807, 2.05) is 13.8 Å². The zero-order valence-electron chi connectivity index (χ0n) is 16.6. The van der Waals surface area contributed by atoms with Crippen LogP contribution in [0, 0.1) is 12.7 Å². The van der Waals surface area contributed by atoms with Gasteiger partial charge in [0.25, 0.3) is 0 Å². The van der Waals surface area contributed by atoms with Crippen molar-refractivity contribution in [1.82, 2.24) is 20.6 Å². The van der Waals surface area contributed by atoms with Crippen molar-refractivity contribution in [2.75, 3.05) is 13.2 Å². The second-order valence-corrected chi connectivity index (χ2v) is 7.62. The van der Waals surface area contributed by atoms with Gasteiger partial charge >= 0.3 is 0 Å². The Morgan fingerprint density at radius 1 is 1.28 bits per heavy atom. The standard InChI is InChI=1S/C21H25FN4O2.ClH/c1-3-28-14-4-5-16(22)15(11-14)18-10-13(2)24-20(25-18)17-6-7-21(26-17)8-9-23-19(27)12-21;/h4-5,10-11,17,26H,3,6-9,12H2,1-2H3,(H,23,27);1H/t17-,21-;/m1./s1. The first-order valence-corrected chi connectivity index (χ1v) is 9.81. The minimum absolute atomic E-state index is 0. The minimum Gasteiger partial charge on any atom is -0.494 e. The van der Waals surface area contributed by atoms with Gasteiger partial charge in [0.2, 0.25) is 5.91 Å². The summed E-state index contributed by atoms with van der Waals surface area (Å²) in [6, 6.07) is 6.45. The van der Waals surface area contributed by atoms with Gasteiger partial charge in [-0.1, -0.05) is 0 Å². The average Bonchev–Trinajstić information content (AvgIpc) is 3.06. The van der Waals surface area contributed by atoms with E-state index in [-0.39, 0.29) is 35.7 Å². The molecule has 1 aromatic carbocycles. The molecule has 2 atom stereocenters. The lowest BCUT2D eigenvalue weighted by Gasteiger charge is -2.34. The smallest absolute Gasteiger partial charge is 0.221 e. The second-order valence-electron chi connectivity index (χ2n) is 7.62. The molecule has 2 aromatic rings. The van der Waals surface area contributed by atoms with Crippen LogP contribution in [0.4, 0.5) is 4.39 Å². The molecule has 2 N–H and O–H groups in total. The first-order chi connectivity index (χ1) is 13.5. The van der Waals surface area contributed by atoms with Crippen molar-refractivity contribution in [2.45, 2.75) is 51.1 Å². The van der Waals surface area contributed by atoms with Crippen LogP contribution in [0.25, 0.3) is 11.3 Å². The Kier molecular flexibility index (Phi) is 6.39. The van der Waals surface area contributed by atoms with Gasteiger partial charge in [0, 0.05) is 29.8 Å². The molecule has 2 fully saturated rings. The molecule has 1 aromatic heterocycles. The number of nitrogens with zero attached hydrogens (tertiary/aromatic N) is 2. The number of amides is 1. The van der Waals surface area contributed by atoms with E-state index in [1.165, 1.54) is 6.07 Å². The monoisotopic (exact) mass is 420 g/mol. The number of hydrogen-bond donors (Lipinski definition) is 2. The molecule has 1 spiro atoms. The summed E-state index contributed by atoms with van der Waals surface area (Å²) in [6.45, 7) is 4.98. The SMILES string of the molecule is CCOc1ccc(F)c(-c2cc(C)nc([C@H]3CC[C@]4(CCNC(=O)C4)N3)n2)c1.Cl. The molecule has 0 aliphatic carbocycles. The number of ether oxygens (including phenoxy) is 1. The van der Waals surface area contributed by atoms with Crippen LogP contribution < -0.4 is 15.4 Å². The number of piperidine rings is 1. The van der Waals surface area contributed by atoms with Crippen molar-refractivity contribution in [1.29, 1.82) is 0 Å². The maximum atomic E-state index is 14.5. The Labute approximate surface area is 176 Å². The molecule has 3 heterocycles. The number of hydrogen-bond acceptors (Lipinski definition) is 5. The van der Waals surface area contributed by atoms with Gasteiger partial charge in [0.15, 0.2) is 0 Å². The lowest BCUT2D eigenvalue weighted by atomic mass is 9.87. The van der Waals surface area contributed by atoms with E-state index in [0.29, 0.717) is 42.4 Å². The van der Waals surface area contributed by atoms with Crippen molar-refractivity contribution in [2.24, 2.45) is 0 Å². The Hall–Kier alpha value is -2.25. The maximum absolute atomic E-state index is 14.5. The third-order valence-corrected chi connectivity index (χ3v) is 5.52. The van der Waals surface area contributed by atoms with E-state index in [2.05, 4.69) is 20.6 Å². The van der Waals surface area contributed by atoms with E-state index in [1.54, 1.807) is 18.2 Å². The number of benzene rings is 1. The third-order valence-electron chi connectivity index (χ3n) is 5.52.